The quantitative estimate of drug-likeness (QED) is 0.896. The molecule has 0 saturated heterocycles. The molecule has 4 heteroatoms. The molecule has 1 amide bonds. The zero-order valence-corrected chi connectivity index (χ0v) is 13.4. The van der Waals surface area contributed by atoms with Crippen molar-refractivity contribution in [2.24, 2.45) is 17.6 Å². The van der Waals surface area contributed by atoms with Crippen LogP contribution in [0.25, 0.3) is 0 Å². The number of amides is 1. The average molecular weight is 289 g/mol. The molecular formula is C17H27N3O. The van der Waals surface area contributed by atoms with Crippen LogP contribution >= 0.6 is 0 Å². The van der Waals surface area contributed by atoms with Crippen LogP contribution in [0.5, 0.6) is 0 Å². The number of nitrogens with two attached hydrogens (primary N) is 1. The molecule has 0 atom stereocenters. The van der Waals surface area contributed by atoms with Crippen LogP contribution in [0.4, 0.5) is 11.4 Å². The van der Waals surface area contributed by atoms with Crippen molar-refractivity contribution >= 4 is 17.3 Å². The monoisotopic (exact) mass is 289 g/mol. The van der Waals surface area contributed by atoms with E-state index in [2.05, 4.69) is 16.3 Å². The molecule has 0 spiro atoms. The maximum absolute atomic E-state index is 12.4. The van der Waals surface area contributed by atoms with E-state index in [9.17, 15) is 4.79 Å². The molecule has 4 nitrogen and oxygen atoms in total. The van der Waals surface area contributed by atoms with E-state index in [0.717, 1.165) is 49.2 Å². The number of aryl methyl sites for hydroxylation is 1. The lowest BCUT2D eigenvalue weighted by atomic mass is 9.81. The summed E-state index contributed by atoms with van der Waals surface area (Å²) in [5.41, 5.74) is 8.87. The van der Waals surface area contributed by atoms with Gasteiger partial charge in [-0.15, -0.1) is 0 Å². The van der Waals surface area contributed by atoms with E-state index in [-0.39, 0.29) is 11.8 Å². The van der Waals surface area contributed by atoms with E-state index in [0.29, 0.717) is 5.92 Å². The topological polar surface area (TPSA) is 58.4 Å². The van der Waals surface area contributed by atoms with Gasteiger partial charge in [-0.05, 0) is 68.8 Å². The first-order valence-corrected chi connectivity index (χ1v) is 7.80. The van der Waals surface area contributed by atoms with Crippen LogP contribution in [0.1, 0.15) is 31.2 Å². The zero-order chi connectivity index (χ0) is 15.4. The van der Waals surface area contributed by atoms with E-state index in [1.54, 1.807) is 0 Å². The lowest BCUT2D eigenvalue weighted by molar-refractivity contribution is -0.121. The molecular weight excluding hydrogens is 262 g/mol. The molecule has 1 aliphatic rings. The molecule has 0 heterocycles. The molecule has 116 valence electrons. The van der Waals surface area contributed by atoms with Gasteiger partial charge in [0.1, 0.15) is 0 Å². The SMILES string of the molecule is Cc1cc(N(C)C)ccc1NC(=O)C1CCC(CN)CC1. The summed E-state index contributed by atoms with van der Waals surface area (Å²) in [5, 5.41) is 3.09. The predicted molar refractivity (Wildman–Crippen MR) is 88.6 cm³/mol. The summed E-state index contributed by atoms with van der Waals surface area (Å²) in [4.78, 5) is 14.4. The Morgan fingerprint density at radius 1 is 1.29 bits per heavy atom. The predicted octanol–water partition coefficient (Wildman–Crippen LogP) is 2.76. The van der Waals surface area contributed by atoms with Crippen LogP contribution in [-0.2, 0) is 4.79 Å². The Labute approximate surface area is 127 Å². The second-order valence-corrected chi connectivity index (χ2v) is 6.34. The first-order valence-electron chi connectivity index (χ1n) is 7.80. The molecule has 1 aromatic carbocycles. The smallest absolute Gasteiger partial charge is 0.227 e. The Bertz CT molecular complexity index is 491. The summed E-state index contributed by atoms with van der Waals surface area (Å²) < 4.78 is 0. The van der Waals surface area contributed by atoms with Crippen molar-refractivity contribution in [1.82, 2.24) is 0 Å². The summed E-state index contributed by atoms with van der Waals surface area (Å²) in [7, 11) is 4.03. The number of anilines is 2. The van der Waals surface area contributed by atoms with Crippen LogP contribution in [0.3, 0.4) is 0 Å². The molecule has 0 unspecified atom stereocenters. The molecule has 1 aliphatic carbocycles. The van der Waals surface area contributed by atoms with E-state index in [1.165, 1.54) is 0 Å². The third-order valence-electron chi connectivity index (χ3n) is 4.54. The summed E-state index contributed by atoms with van der Waals surface area (Å²) in [5.74, 6) is 0.905. The fraction of sp³-hybridized carbons (Fsp3) is 0.588. The highest BCUT2D eigenvalue weighted by atomic mass is 16.1. The summed E-state index contributed by atoms with van der Waals surface area (Å²) in [6, 6.07) is 6.13. The fourth-order valence-electron chi connectivity index (χ4n) is 2.96. The third-order valence-corrected chi connectivity index (χ3v) is 4.54. The van der Waals surface area contributed by atoms with Crippen molar-refractivity contribution in [3.63, 3.8) is 0 Å². The second kappa shape index (κ2) is 6.94. The van der Waals surface area contributed by atoms with Crippen LogP contribution in [0.2, 0.25) is 0 Å². The van der Waals surface area contributed by atoms with Gasteiger partial charge >= 0.3 is 0 Å². The first kappa shape index (κ1) is 15.8. The van der Waals surface area contributed by atoms with Crippen molar-refractivity contribution < 1.29 is 4.79 Å². The molecule has 1 fully saturated rings. The van der Waals surface area contributed by atoms with Crippen molar-refractivity contribution in [3.05, 3.63) is 23.8 Å². The number of carbonyl (C=O) groups is 1. The lowest BCUT2D eigenvalue weighted by Crippen LogP contribution is -2.29. The number of hydrogen-bond acceptors (Lipinski definition) is 3. The average Bonchev–Trinajstić information content (AvgIpc) is 2.49. The number of benzene rings is 1. The van der Waals surface area contributed by atoms with Crippen molar-refractivity contribution in [3.8, 4) is 0 Å². The third kappa shape index (κ3) is 3.97. The van der Waals surface area contributed by atoms with Crippen LogP contribution in [0, 0.1) is 18.8 Å². The van der Waals surface area contributed by atoms with Crippen molar-refractivity contribution in [2.75, 3.05) is 30.9 Å². The van der Waals surface area contributed by atoms with Crippen LogP contribution < -0.4 is 16.0 Å². The Morgan fingerprint density at radius 3 is 2.48 bits per heavy atom. The number of rotatable bonds is 4. The van der Waals surface area contributed by atoms with Gasteiger partial charge in [-0.3, -0.25) is 4.79 Å². The maximum Gasteiger partial charge on any atom is 0.227 e. The number of carbonyl (C=O) groups excluding carboxylic acids is 1. The Balaban J connectivity index is 1.97. The highest BCUT2D eigenvalue weighted by molar-refractivity contribution is 5.93. The summed E-state index contributed by atoms with van der Waals surface area (Å²) in [6.45, 7) is 2.79. The lowest BCUT2D eigenvalue weighted by Gasteiger charge is -2.27. The Kier molecular flexibility index (Phi) is 5.23. The minimum atomic E-state index is 0.140. The van der Waals surface area contributed by atoms with Crippen LogP contribution in [0.15, 0.2) is 18.2 Å². The zero-order valence-electron chi connectivity index (χ0n) is 13.4. The van der Waals surface area contributed by atoms with Gasteiger partial charge in [-0.25, -0.2) is 0 Å². The molecule has 3 N–H and O–H groups in total. The molecule has 1 aromatic rings. The van der Waals surface area contributed by atoms with Gasteiger partial charge in [-0.2, -0.15) is 0 Å². The molecule has 0 bridgehead atoms. The molecule has 2 rings (SSSR count). The normalized spacial score (nSPS) is 21.9. The standard InChI is InChI=1S/C17H27N3O/c1-12-10-15(20(2)3)8-9-16(12)19-17(21)14-6-4-13(11-18)5-7-14/h8-10,13-14H,4-7,11,18H2,1-3H3,(H,19,21). The van der Waals surface area contributed by atoms with Crippen molar-refractivity contribution in [1.29, 1.82) is 0 Å². The Morgan fingerprint density at radius 2 is 1.95 bits per heavy atom. The summed E-state index contributed by atoms with van der Waals surface area (Å²) in [6.07, 6.45) is 4.07. The molecule has 21 heavy (non-hydrogen) atoms. The van der Waals surface area contributed by atoms with Gasteiger partial charge in [0.2, 0.25) is 5.91 Å². The van der Waals surface area contributed by atoms with E-state index in [1.807, 2.05) is 33.2 Å². The van der Waals surface area contributed by atoms with Gasteiger partial charge < -0.3 is 16.0 Å². The number of nitrogens with zero attached hydrogens (tertiary/aromatic N) is 1. The second-order valence-electron chi connectivity index (χ2n) is 6.34. The first-order chi connectivity index (χ1) is 10.0. The minimum Gasteiger partial charge on any atom is -0.378 e. The summed E-state index contributed by atoms with van der Waals surface area (Å²) >= 11 is 0. The number of nitrogens with one attached hydrogen (secondary N) is 1. The van der Waals surface area contributed by atoms with Gasteiger partial charge in [0.25, 0.3) is 0 Å². The molecule has 0 radical (unpaired) electrons. The largest absolute Gasteiger partial charge is 0.378 e. The van der Waals surface area contributed by atoms with Gasteiger partial charge in [-0.1, -0.05) is 0 Å². The Hall–Kier alpha value is -1.55. The fourth-order valence-corrected chi connectivity index (χ4v) is 2.96. The molecule has 1 saturated carbocycles. The number of hydrogen-bond donors (Lipinski definition) is 2. The van der Waals surface area contributed by atoms with E-state index >= 15 is 0 Å². The highest BCUT2D eigenvalue weighted by Gasteiger charge is 2.25. The van der Waals surface area contributed by atoms with Crippen molar-refractivity contribution in [2.45, 2.75) is 32.6 Å². The van der Waals surface area contributed by atoms with E-state index in [4.69, 9.17) is 5.73 Å². The highest BCUT2D eigenvalue weighted by Crippen LogP contribution is 2.29. The molecule has 0 aromatic heterocycles. The molecule has 0 aliphatic heterocycles. The van der Waals surface area contributed by atoms with Gasteiger partial charge in [0.15, 0.2) is 0 Å². The maximum atomic E-state index is 12.4. The minimum absolute atomic E-state index is 0.140. The van der Waals surface area contributed by atoms with Gasteiger partial charge in [0.05, 0.1) is 0 Å². The van der Waals surface area contributed by atoms with Gasteiger partial charge in [0, 0.05) is 31.4 Å². The van der Waals surface area contributed by atoms with Crippen LogP contribution in [-0.4, -0.2) is 26.5 Å². The van der Waals surface area contributed by atoms with E-state index < -0.39 is 0 Å².